The minimum absolute atomic E-state index is 0.0316. The summed E-state index contributed by atoms with van der Waals surface area (Å²) in [5, 5.41) is 12.0. The molecule has 0 radical (unpaired) electrons. The molecular weight excluding hydrogens is 434 g/mol. The average Bonchev–Trinajstić information content (AvgIpc) is 2.98. The molecule has 1 amide bonds. The van der Waals surface area contributed by atoms with Gasteiger partial charge in [0.05, 0.1) is 12.1 Å². The highest BCUT2D eigenvalue weighted by molar-refractivity contribution is 6.31. The maximum Gasteiger partial charge on any atom is 0.264 e. The van der Waals surface area contributed by atoms with E-state index in [-0.39, 0.29) is 17.6 Å². The number of ketones is 1. The summed E-state index contributed by atoms with van der Waals surface area (Å²) < 4.78 is 0. The Hall–Kier alpha value is -2.95. The van der Waals surface area contributed by atoms with Crippen LogP contribution in [0, 0.1) is 0 Å². The Morgan fingerprint density at radius 3 is 2.30 bits per heavy atom. The lowest BCUT2D eigenvalue weighted by Crippen LogP contribution is -2.42. The van der Waals surface area contributed by atoms with E-state index in [9.17, 15) is 14.7 Å². The standard InChI is InChI=1S/C28H28ClNO3/c1-27(2,3)21-11-9-20(10-12-21)25(31)18-28(33)23-17-22(29)13-14-24(23)30(26(28)32)16-15-19-7-5-4-6-8-19/h4-14,17,33H,15-16,18H2,1-3H3/t28-/m0/s1. The van der Waals surface area contributed by atoms with Crippen molar-refractivity contribution in [3.8, 4) is 0 Å². The monoisotopic (exact) mass is 461 g/mol. The minimum atomic E-state index is -1.95. The minimum Gasteiger partial charge on any atom is -0.375 e. The zero-order chi connectivity index (χ0) is 23.8. The van der Waals surface area contributed by atoms with Crippen molar-refractivity contribution in [2.24, 2.45) is 0 Å². The number of rotatable bonds is 6. The van der Waals surface area contributed by atoms with Crippen LogP contribution in [0.15, 0.2) is 72.8 Å². The van der Waals surface area contributed by atoms with Gasteiger partial charge in [-0.05, 0) is 41.2 Å². The van der Waals surface area contributed by atoms with Crippen LogP contribution >= 0.6 is 11.6 Å². The summed E-state index contributed by atoms with van der Waals surface area (Å²) in [4.78, 5) is 28.1. The Bertz CT molecular complexity index is 1180. The molecule has 1 heterocycles. The van der Waals surface area contributed by atoms with Gasteiger partial charge in [0.15, 0.2) is 11.4 Å². The molecule has 1 aliphatic rings. The number of carbonyl (C=O) groups excluding carboxylic acids is 2. The van der Waals surface area contributed by atoms with Crippen molar-refractivity contribution < 1.29 is 14.7 Å². The van der Waals surface area contributed by atoms with Gasteiger partial charge in [-0.3, -0.25) is 9.59 Å². The van der Waals surface area contributed by atoms with Gasteiger partial charge in [0.2, 0.25) is 0 Å². The normalized spacial score (nSPS) is 17.8. The number of fused-ring (bicyclic) bond motifs is 1. The number of hydrogen-bond acceptors (Lipinski definition) is 3. The number of nitrogens with zero attached hydrogens (tertiary/aromatic N) is 1. The van der Waals surface area contributed by atoms with Crippen LogP contribution in [0.4, 0.5) is 5.69 Å². The predicted octanol–water partition coefficient (Wildman–Crippen LogP) is 5.69. The van der Waals surface area contributed by atoms with Gasteiger partial charge in [0.1, 0.15) is 0 Å². The second kappa shape index (κ2) is 8.77. The average molecular weight is 462 g/mol. The first kappa shape index (κ1) is 23.2. The van der Waals surface area contributed by atoms with E-state index >= 15 is 0 Å². The van der Waals surface area contributed by atoms with Crippen molar-refractivity contribution >= 4 is 29.0 Å². The zero-order valence-corrected chi connectivity index (χ0v) is 19.9. The third-order valence-electron chi connectivity index (χ3n) is 6.25. The molecular formula is C28H28ClNO3. The molecule has 0 saturated heterocycles. The van der Waals surface area contributed by atoms with E-state index in [2.05, 4.69) is 20.8 Å². The lowest BCUT2D eigenvalue weighted by Gasteiger charge is -2.23. The van der Waals surface area contributed by atoms with Gasteiger partial charge in [0, 0.05) is 22.7 Å². The third-order valence-corrected chi connectivity index (χ3v) is 6.49. The summed E-state index contributed by atoms with van der Waals surface area (Å²) in [6.07, 6.45) is 0.294. The molecule has 0 spiro atoms. The molecule has 33 heavy (non-hydrogen) atoms. The summed E-state index contributed by atoms with van der Waals surface area (Å²) in [6, 6.07) is 22.2. The smallest absolute Gasteiger partial charge is 0.264 e. The van der Waals surface area contributed by atoms with Crippen LogP contribution in [-0.2, 0) is 22.2 Å². The number of anilines is 1. The SMILES string of the molecule is CC(C)(C)c1ccc(C(=O)C[C@@]2(O)C(=O)N(CCc3ccccc3)c3ccc(Cl)cc32)cc1. The summed E-state index contributed by atoms with van der Waals surface area (Å²) in [5.74, 6) is -0.780. The van der Waals surface area contributed by atoms with Crippen molar-refractivity contribution in [1.29, 1.82) is 0 Å². The van der Waals surface area contributed by atoms with Gasteiger partial charge in [-0.25, -0.2) is 0 Å². The number of carbonyl (C=O) groups is 2. The van der Waals surface area contributed by atoms with Crippen molar-refractivity contribution in [2.45, 2.75) is 44.6 Å². The van der Waals surface area contributed by atoms with Crippen molar-refractivity contribution in [2.75, 3.05) is 11.4 Å². The first-order valence-electron chi connectivity index (χ1n) is 11.1. The quantitative estimate of drug-likeness (QED) is 0.480. The number of aliphatic hydroxyl groups is 1. The van der Waals surface area contributed by atoms with Crippen LogP contribution in [0.25, 0.3) is 0 Å². The highest BCUT2D eigenvalue weighted by atomic mass is 35.5. The molecule has 1 N–H and O–H groups in total. The van der Waals surface area contributed by atoms with Gasteiger partial charge in [0.25, 0.3) is 5.91 Å². The van der Waals surface area contributed by atoms with E-state index in [0.717, 1.165) is 11.1 Å². The molecule has 1 atom stereocenters. The number of amides is 1. The number of halogens is 1. The molecule has 0 saturated carbocycles. The number of hydrogen-bond donors (Lipinski definition) is 1. The lowest BCUT2D eigenvalue weighted by molar-refractivity contribution is -0.135. The Labute approximate surface area is 199 Å². The molecule has 3 aromatic rings. The van der Waals surface area contributed by atoms with Gasteiger partial charge in [-0.1, -0.05) is 87.0 Å². The Morgan fingerprint density at radius 1 is 1.00 bits per heavy atom. The van der Waals surface area contributed by atoms with Crippen LogP contribution in [0.1, 0.15) is 54.2 Å². The molecule has 0 aromatic heterocycles. The predicted molar refractivity (Wildman–Crippen MR) is 132 cm³/mol. The van der Waals surface area contributed by atoms with Crippen molar-refractivity contribution in [3.63, 3.8) is 0 Å². The Morgan fingerprint density at radius 2 is 1.67 bits per heavy atom. The number of Topliss-reactive ketones (excluding diaryl/α,β-unsaturated/α-hetero) is 1. The van der Waals surface area contributed by atoms with Crippen LogP contribution in [-0.4, -0.2) is 23.3 Å². The first-order chi connectivity index (χ1) is 15.6. The summed E-state index contributed by atoms with van der Waals surface area (Å²) in [6.45, 7) is 6.71. The maximum absolute atomic E-state index is 13.4. The highest BCUT2D eigenvalue weighted by Crippen LogP contribution is 2.44. The Kier molecular flexibility index (Phi) is 6.17. The van der Waals surface area contributed by atoms with Gasteiger partial charge < -0.3 is 10.0 Å². The summed E-state index contributed by atoms with van der Waals surface area (Å²) in [5.41, 5.74) is 1.67. The fourth-order valence-corrected chi connectivity index (χ4v) is 4.46. The molecule has 0 fully saturated rings. The second-order valence-electron chi connectivity index (χ2n) is 9.64. The van der Waals surface area contributed by atoms with E-state index in [1.54, 1.807) is 35.2 Å². The van der Waals surface area contributed by atoms with E-state index in [1.165, 1.54) is 0 Å². The lowest BCUT2D eigenvalue weighted by atomic mass is 9.85. The maximum atomic E-state index is 13.4. The first-order valence-corrected chi connectivity index (χ1v) is 11.5. The topological polar surface area (TPSA) is 57.6 Å². The van der Waals surface area contributed by atoms with E-state index < -0.39 is 11.5 Å². The van der Waals surface area contributed by atoms with E-state index in [0.29, 0.717) is 34.8 Å². The van der Waals surface area contributed by atoms with Crippen molar-refractivity contribution in [3.05, 3.63) is 100 Å². The highest BCUT2D eigenvalue weighted by Gasteiger charge is 2.50. The van der Waals surface area contributed by atoms with E-state index in [4.69, 9.17) is 11.6 Å². The fraction of sp³-hybridized carbons (Fsp3) is 0.286. The Balaban J connectivity index is 1.61. The van der Waals surface area contributed by atoms with Crippen LogP contribution < -0.4 is 4.90 Å². The zero-order valence-electron chi connectivity index (χ0n) is 19.1. The van der Waals surface area contributed by atoms with Crippen LogP contribution in [0.3, 0.4) is 0 Å². The summed E-state index contributed by atoms with van der Waals surface area (Å²) >= 11 is 6.21. The largest absolute Gasteiger partial charge is 0.375 e. The van der Waals surface area contributed by atoms with Gasteiger partial charge in [-0.2, -0.15) is 0 Å². The van der Waals surface area contributed by atoms with Crippen LogP contribution in [0.2, 0.25) is 5.02 Å². The molecule has 170 valence electrons. The molecule has 0 bridgehead atoms. The molecule has 4 nitrogen and oxygen atoms in total. The van der Waals surface area contributed by atoms with Gasteiger partial charge in [-0.15, -0.1) is 0 Å². The second-order valence-corrected chi connectivity index (χ2v) is 10.1. The molecule has 5 heteroatoms. The molecule has 0 aliphatic carbocycles. The molecule has 0 unspecified atom stereocenters. The molecule has 3 aromatic carbocycles. The molecule has 4 rings (SSSR count). The van der Waals surface area contributed by atoms with Gasteiger partial charge >= 0.3 is 0 Å². The van der Waals surface area contributed by atoms with E-state index in [1.807, 2.05) is 42.5 Å². The van der Waals surface area contributed by atoms with Crippen molar-refractivity contribution in [1.82, 2.24) is 0 Å². The number of benzene rings is 3. The third kappa shape index (κ3) is 4.59. The fourth-order valence-electron chi connectivity index (χ4n) is 4.29. The molecule has 1 aliphatic heterocycles. The van der Waals surface area contributed by atoms with Crippen LogP contribution in [0.5, 0.6) is 0 Å². The summed E-state index contributed by atoms with van der Waals surface area (Å²) in [7, 11) is 0.